The fourth-order valence-electron chi connectivity index (χ4n) is 1.79. The van der Waals surface area contributed by atoms with Gasteiger partial charge >= 0.3 is 11.9 Å². The number of carbonyl (C=O) groups excluding carboxylic acids is 2. The third kappa shape index (κ3) is 3.83. The average Bonchev–Trinajstić information content (AvgIpc) is 2.60. The van der Waals surface area contributed by atoms with E-state index in [-0.39, 0.29) is 28.4 Å². The van der Waals surface area contributed by atoms with Crippen LogP contribution in [0.5, 0.6) is 11.6 Å². The van der Waals surface area contributed by atoms with Crippen molar-refractivity contribution in [2.75, 3.05) is 14.2 Å². The van der Waals surface area contributed by atoms with Crippen molar-refractivity contribution >= 4 is 17.6 Å². The van der Waals surface area contributed by atoms with Crippen molar-refractivity contribution < 1.29 is 28.7 Å². The van der Waals surface area contributed by atoms with Gasteiger partial charge in [0.05, 0.1) is 30.3 Å². The summed E-state index contributed by atoms with van der Waals surface area (Å²) in [4.78, 5) is 37.2. The van der Waals surface area contributed by atoms with Gasteiger partial charge in [0, 0.05) is 12.1 Å². The van der Waals surface area contributed by atoms with Crippen molar-refractivity contribution in [2.45, 2.75) is 0 Å². The summed E-state index contributed by atoms with van der Waals surface area (Å²) in [6, 6.07) is 6.50. The van der Waals surface area contributed by atoms with Gasteiger partial charge in [-0.25, -0.2) is 14.6 Å². The van der Waals surface area contributed by atoms with E-state index in [1.54, 1.807) is 0 Å². The van der Waals surface area contributed by atoms with E-state index in [1.807, 2.05) is 0 Å². The minimum absolute atomic E-state index is 0.0541. The first-order valence-corrected chi connectivity index (χ1v) is 6.54. The highest BCUT2D eigenvalue weighted by molar-refractivity contribution is 5.96. The maximum Gasteiger partial charge on any atom is 0.338 e. The molecule has 2 rings (SSSR count). The minimum atomic E-state index is -0.665. The molecule has 0 aliphatic carbocycles. The molecule has 24 heavy (non-hydrogen) atoms. The molecule has 0 saturated carbocycles. The number of esters is 2. The second kappa shape index (κ2) is 7.18. The number of rotatable bonds is 5. The standard InChI is InChI=1S/C15H12N2O7/c1-22-14(18)9-5-10(15(19)23-2)7-12(6-9)24-13-4-3-11(8-16-13)17(20)21/h3-8H,1-2H3. The van der Waals surface area contributed by atoms with Gasteiger partial charge in [-0.15, -0.1) is 0 Å². The molecule has 0 bridgehead atoms. The predicted octanol–water partition coefficient (Wildman–Crippen LogP) is 2.36. The number of nitrogens with zero attached hydrogens (tertiary/aromatic N) is 2. The first-order chi connectivity index (χ1) is 11.4. The predicted molar refractivity (Wildman–Crippen MR) is 80.1 cm³/mol. The van der Waals surface area contributed by atoms with Crippen LogP contribution < -0.4 is 4.74 Å². The van der Waals surface area contributed by atoms with Crippen LogP contribution in [0.2, 0.25) is 0 Å². The van der Waals surface area contributed by atoms with Gasteiger partial charge in [-0.05, 0) is 18.2 Å². The third-order valence-electron chi connectivity index (χ3n) is 2.90. The van der Waals surface area contributed by atoms with Gasteiger partial charge in [-0.2, -0.15) is 0 Å². The number of methoxy groups -OCH3 is 2. The third-order valence-corrected chi connectivity index (χ3v) is 2.90. The lowest BCUT2D eigenvalue weighted by molar-refractivity contribution is -0.385. The van der Waals surface area contributed by atoms with Crippen LogP contribution in [0.4, 0.5) is 5.69 Å². The van der Waals surface area contributed by atoms with Crippen LogP contribution in [0.15, 0.2) is 36.5 Å². The van der Waals surface area contributed by atoms with Crippen molar-refractivity contribution in [2.24, 2.45) is 0 Å². The maximum atomic E-state index is 11.7. The molecule has 0 saturated heterocycles. The Kier molecular flexibility index (Phi) is 5.05. The van der Waals surface area contributed by atoms with Crippen molar-refractivity contribution in [3.8, 4) is 11.6 Å². The van der Waals surface area contributed by atoms with E-state index in [4.69, 9.17) is 4.74 Å². The van der Waals surface area contributed by atoms with Crippen LogP contribution in [0.1, 0.15) is 20.7 Å². The molecule has 1 aromatic heterocycles. The van der Waals surface area contributed by atoms with Crippen molar-refractivity contribution in [1.82, 2.24) is 4.98 Å². The molecule has 1 heterocycles. The summed E-state index contributed by atoms with van der Waals surface area (Å²) in [5.41, 5.74) is -0.0319. The Morgan fingerprint density at radius 1 is 1.04 bits per heavy atom. The molecule has 0 unspecified atom stereocenters. The smallest absolute Gasteiger partial charge is 0.338 e. The highest BCUT2D eigenvalue weighted by Crippen LogP contribution is 2.24. The van der Waals surface area contributed by atoms with E-state index in [9.17, 15) is 19.7 Å². The molecule has 0 aliphatic heterocycles. The van der Waals surface area contributed by atoms with E-state index < -0.39 is 16.9 Å². The zero-order valence-electron chi connectivity index (χ0n) is 12.7. The first-order valence-electron chi connectivity index (χ1n) is 6.54. The molecule has 0 atom stereocenters. The number of ether oxygens (including phenoxy) is 3. The molecule has 124 valence electrons. The molecule has 0 N–H and O–H groups in total. The quantitative estimate of drug-likeness (QED) is 0.465. The minimum Gasteiger partial charge on any atom is -0.465 e. The zero-order chi connectivity index (χ0) is 17.7. The number of nitro groups is 1. The van der Waals surface area contributed by atoms with Crippen LogP contribution in [-0.2, 0) is 9.47 Å². The Morgan fingerprint density at radius 2 is 1.62 bits per heavy atom. The zero-order valence-corrected chi connectivity index (χ0v) is 12.7. The van der Waals surface area contributed by atoms with Crippen molar-refractivity contribution in [1.29, 1.82) is 0 Å². The normalized spacial score (nSPS) is 9.92. The first kappa shape index (κ1) is 16.9. The summed E-state index contributed by atoms with van der Waals surface area (Å²) in [6.45, 7) is 0. The molecule has 9 nitrogen and oxygen atoms in total. The highest BCUT2D eigenvalue weighted by Gasteiger charge is 2.15. The number of carbonyl (C=O) groups is 2. The van der Waals surface area contributed by atoms with Crippen molar-refractivity contribution in [3.63, 3.8) is 0 Å². The molecular formula is C15H12N2O7. The van der Waals surface area contributed by atoms with E-state index in [1.165, 1.54) is 44.6 Å². The second-order valence-corrected chi connectivity index (χ2v) is 4.44. The van der Waals surface area contributed by atoms with Gasteiger partial charge in [0.1, 0.15) is 11.9 Å². The number of benzene rings is 1. The molecule has 0 amide bonds. The number of pyridine rings is 1. The summed E-state index contributed by atoms with van der Waals surface area (Å²) in [7, 11) is 2.40. The van der Waals surface area contributed by atoms with E-state index in [0.29, 0.717) is 0 Å². The second-order valence-electron chi connectivity index (χ2n) is 4.44. The van der Waals surface area contributed by atoms with Crippen LogP contribution in [-0.4, -0.2) is 36.1 Å². The molecule has 0 aliphatic rings. The summed E-state index contributed by atoms with van der Waals surface area (Å²) in [5, 5.41) is 10.6. The lowest BCUT2D eigenvalue weighted by Gasteiger charge is -2.09. The lowest BCUT2D eigenvalue weighted by Crippen LogP contribution is -2.07. The van der Waals surface area contributed by atoms with Gasteiger partial charge in [-0.3, -0.25) is 10.1 Å². The number of hydrogen-bond donors (Lipinski definition) is 0. The van der Waals surface area contributed by atoms with Gasteiger partial charge in [0.15, 0.2) is 0 Å². The van der Waals surface area contributed by atoms with E-state index in [0.717, 1.165) is 6.20 Å². The molecular weight excluding hydrogens is 320 g/mol. The molecule has 0 fully saturated rings. The monoisotopic (exact) mass is 332 g/mol. The number of aromatic nitrogens is 1. The van der Waals surface area contributed by atoms with E-state index >= 15 is 0 Å². The fourth-order valence-corrected chi connectivity index (χ4v) is 1.79. The number of hydrogen-bond acceptors (Lipinski definition) is 8. The van der Waals surface area contributed by atoms with E-state index in [2.05, 4.69) is 14.5 Å². The largest absolute Gasteiger partial charge is 0.465 e. The Hall–Kier alpha value is -3.49. The Balaban J connectivity index is 2.35. The highest BCUT2D eigenvalue weighted by atomic mass is 16.6. The van der Waals surface area contributed by atoms with Gasteiger partial charge in [0.2, 0.25) is 5.88 Å². The van der Waals surface area contributed by atoms with Gasteiger partial charge < -0.3 is 14.2 Å². The molecule has 9 heteroatoms. The summed E-state index contributed by atoms with van der Waals surface area (Å²) in [6.07, 6.45) is 1.03. The lowest BCUT2D eigenvalue weighted by atomic mass is 10.1. The topological polar surface area (TPSA) is 118 Å². The van der Waals surface area contributed by atoms with Crippen LogP contribution in [0.3, 0.4) is 0 Å². The van der Waals surface area contributed by atoms with Crippen LogP contribution >= 0.6 is 0 Å². The SMILES string of the molecule is COC(=O)c1cc(Oc2ccc([N+](=O)[O-])cn2)cc(C(=O)OC)c1. The summed E-state index contributed by atoms with van der Waals surface area (Å²) in [5.74, 6) is -1.15. The van der Waals surface area contributed by atoms with Crippen LogP contribution in [0, 0.1) is 10.1 Å². The fraction of sp³-hybridized carbons (Fsp3) is 0.133. The van der Waals surface area contributed by atoms with Gasteiger partial charge in [-0.1, -0.05) is 0 Å². The maximum absolute atomic E-state index is 11.7. The molecule has 1 aromatic carbocycles. The molecule has 0 radical (unpaired) electrons. The summed E-state index contributed by atoms with van der Waals surface area (Å²) < 4.78 is 14.7. The van der Waals surface area contributed by atoms with Gasteiger partial charge in [0.25, 0.3) is 5.69 Å². The molecule has 2 aromatic rings. The Morgan fingerprint density at radius 3 is 2.04 bits per heavy atom. The Labute approximate surface area is 135 Å². The average molecular weight is 332 g/mol. The summed E-state index contributed by atoms with van der Waals surface area (Å²) >= 11 is 0. The Bertz CT molecular complexity index is 753. The van der Waals surface area contributed by atoms with Crippen molar-refractivity contribution in [3.05, 3.63) is 57.8 Å². The molecule has 0 spiro atoms. The van der Waals surface area contributed by atoms with Crippen LogP contribution in [0.25, 0.3) is 0 Å².